The van der Waals surface area contributed by atoms with Gasteiger partial charge in [0.2, 0.25) is 0 Å². The lowest BCUT2D eigenvalue weighted by atomic mass is 9.82. The van der Waals surface area contributed by atoms with Gasteiger partial charge in [-0.2, -0.15) is 0 Å². The molecule has 0 spiro atoms. The SMILES string of the molecule is Nc1ccc(Oc2ccc(CNC[C@H]3CC[C@H](CNCc4ccc(Oc5ccc(N)cc5)cc4)CC3)cc2)cc1. The summed E-state index contributed by atoms with van der Waals surface area (Å²) < 4.78 is 11.8. The molecule has 6 N–H and O–H groups in total. The van der Waals surface area contributed by atoms with Gasteiger partial charge in [0.05, 0.1) is 0 Å². The number of anilines is 2. The summed E-state index contributed by atoms with van der Waals surface area (Å²) in [6, 6.07) is 31.5. The van der Waals surface area contributed by atoms with Crippen LogP contribution in [0.1, 0.15) is 36.8 Å². The van der Waals surface area contributed by atoms with Crippen molar-refractivity contribution in [1.82, 2.24) is 10.6 Å². The number of hydrogen-bond donors (Lipinski definition) is 4. The monoisotopic (exact) mass is 536 g/mol. The number of ether oxygens (including phenoxy) is 2. The van der Waals surface area contributed by atoms with Crippen LogP contribution in [0.15, 0.2) is 97.1 Å². The Kier molecular flexibility index (Phi) is 9.56. The molecule has 0 aliphatic heterocycles. The Labute approximate surface area is 237 Å². The first-order valence-corrected chi connectivity index (χ1v) is 14.3. The zero-order valence-corrected chi connectivity index (χ0v) is 23.0. The molecule has 4 aromatic rings. The van der Waals surface area contributed by atoms with Gasteiger partial charge in [-0.1, -0.05) is 24.3 Å². The van der Waals surface area contributed by atoms with Gasteiger partial charge < -0.3 is 31.6 Å². The van der Waals surface area contributed by atoms with Gasteiger partial charge in [0.1, 0.15) is 23.0 Å². The summed E-state index contributed by atoms with van der Waals surface area (Å²) in [7, 11) is 0. The van der Waals surface area contributed by atoms with Crippen molar-refractivity contribution in [2.24, 2.45) is 11.8 Å². The van der Waals surface area contributed by atoms with E-state index in [1.807, 2.05) is 72.8 Å². The van der Waals surface area contributed by atoms with Gasteiger partial charge in [-0.05, 0) is 135 Å². The fourth-order valence-electron chi connectivity index (χ4n) is 5.18. The van der Waals surface area contributed by atoms with Crippen molar-refractivity contribution in [1.29, 1.82) is 0 Å². The molecular weight excluding hydrogens is 496 g/mol. The largest absolute Gasteiger partial charge is 0.457 e. The highest BCUT2D eigenvalue weighted by molar-refractivity contribution is 5.44. The number of nitrogens with two attached hydrogens (primary N) is 2. The third kappa shape index (κ3) is 8.50. The molecule has 5 rings (SSSR count). The summed E-state index contributed by atoms with van der Waals surface area (Å²) in [5.41, 5.74) is 15.5. The number of nitrogens with one attached hydrogen (secondary N) is 2. The van der Waals surface area contributed by atoms with Gasteiger partial charge in [0, 0.05) is 24.5 Å². The van der Waals surface area contributed by atoms with Gasteiger partial charge in [0.15, 0.2) is 0 Å². The molecule has 0 radical (unpaired) electrons. The zero-order valence-electron chi connectivity index (χ0n) is 23.0. The van der Waals surface area contributed by atoms with Gasteiger partial charge in [-0.15, -0.1) is 0 Å². The van der Waals surface area contributed by atoms with E-state index in [2.05, 4.69) is 34.9 Å². The molecule has 40 heavy (non-hydrogen) atoms. The molecule has 0 aromatic heterocycles. The van der Waals surface area contributed by atoms with Crippen LogP contribution in [-0.4, -0.2) is 13.1 Å². The molecule has 0 saturated heterocycles. The lowest BCUT2D eigenvalue weighted by Crippen LogP contribution is -2.30. The summed E-state index contributed by atoms with van der Waals surface area (Å²) in [5, 5.41) is 7.32. The molecule has 6 heteroatoms. The van der Waals surface area contributed by atoms with Crippen molar-refractivity contribution in [2.45, 2.75) is 38.8 Å². The van der Waals surface area contributed by atoms with E-state index >= 15 is 0 Å². The predicted molar refractivity (Wildman–Crippen MR) is 164 cm³/mol. The smallest absolute Gasteiger partial charge is 0.127 e. The minimum absolute atomic E-state index is 0.735. The van der Waals surface area contributed by atoms with Crippen LogP contribution < -0.4 is 31.6 Å². The lowest BCUT2D eigenvalue weighted by Gasteiger charge is -2.29. The van der Waals surface area contributed by atoms with Crippen LogP contribution in [0.25, 0.3) is 0 Å². The maximum atomic E-state index is 5.89. The van der Waals surface area contributed by atoms with Crippen LogP contribution in [0, 0.1) is 11.8 Å². The number of hydrogen-bond acceptors (Lipinski definition) is 6. The summed E-state index contributed by atoms with van der Waals surface area (Å²) in [5.74, 6) is 4.78. The predicted octanol–water partition coefficient (Wildman–Crippen LogP) is 7.12. The molecule has 1 fully saturated rings. The highest BCUT2D eigenvalue weighted by Gasteiger charge is 2.20. The second kappa shape index (κ2) is 13.9. The average molecular weight is 537 g/mol. The maximum Gasteiger partial charge on any atom is 0.127 e. The van der Waals surface area contributed by atoms with Crippen molar-refractivity contribution >= 4 is 11.4 Å². The molecule has 4 aromatic carbocycles. The van der Waals surface area contributed by atoms with Crippen molar-refractivity contribution in [3.63, 3.8) is 0 Å². The molecular formula is C34H40N4O2. The Hall–Kier alpha value is -4.00. The third-order valence-electron chi connectivity index (χ3n) is 7.57. The standard InChI is InChI=1S/C34H40N4O2/c35-29-9-17-33(18-10-29)39-31-13-5-27(6-14-31)23-37-21-25-1-2-26(4-3-25)22-38-24-28-7-15-32(16-8-28)40-34-19-11-30(36)12-20-34/h5-20,25-26,37-38H,1-4,21-24,35-36H2/t25-,26-. The van der Waals surface area contributed by atoms with E-state index in [1.165, 1.54) is 36.8 Å². The van der Waals surface area contributed by atoms with Crippen LogP contribution in [0.2, 0.25) is 0 Å². The summed E-state index contributed by atoms with van der Waals surface area (Å²) in [6.07, 6.45) is 5.19. The van der Waals surface area contributed by atoms with Crippen molar-refractivity contribution in [2.75, 3.05) is 24.6 Å². The van der Waals surface area contributed by atoms with Crippen molar-refractivity contribution in [3.8, 4) is 23.0 Å². The Bertz CT molecular complexity index is 1190. The second-order valence-electron chi connectivity index (χ2n) is 10.8. The first kappa shape index (κ1) is 27.6. The maximum absolute atomic E-state index is 5.89. The molecule has 0 unspecified atom stereocenters. The first-order valence-electron chi connectivity index (χ1n) is 14.3. The zero-order chi connectivity index (χ0) is 27.6. The molecule has 0 bridgehead atoms. The first-order chi connectivity index (χ1) is 19.6. The quantitative estimate of drug-likeness (QED) is 0.144. The van der Waals surface area contributed by atoms with Crippen LogP contribution in [0.5, 0.6) is 23.0 Å². The Morgan fingerprint density at radius 3 is 1.10 bits per heavy atom. The van der Waals surface area contributed by atoms with Gasteiger partial charge >= 0.3 is 0 Å². The number of rotatable bonds is 12. The highest BCUT2D eigenvalue weighted by Crippen LogP contribution is 2.28. The topological polar surface area (TPSA) is 94.6 Å². The normalized spacial score (nSPS) is 16.9. The van der Waals surface area contributed by atoms with Crippen LogP contribution >= 0.6 is 0 Å². The molecule has 208 valence electrons. The molecule has 1 saturated carbocycles. The fourth-order valence-corrected chi connectivity index (χ4v) is 5.18. The van der Waals surface area contributed by atoms with E-state index in [4.69, 9.17) is 20.9 Å². The molecule has 0 amide bonds. The highest BCUT2D eigenvalue weighted by atomic mass is 16.5. The third-order valence-corrected chi connectivity index (χ3v) is 7.57. The van der Waals surface area contributed by atoms with Gasteiger partial charge in [-0.3, -0.25) is 0 Å². The minimum Gasteiger partial charge on any atom is -0.457 e. The van der Waals surface area contributed by atoms with Crippen LogP contribution in [0.4, 0.5) is 11.4 Å². The van der Waals surface area contributed by atoms with E-state index in [0.29, 0.717) is 0 Å². The molecule has 1 aliphatic rings. The Morgan fingerprint density at radius 2 is 0.775 bits per heavy atom. The lowest BCUT2D eigenvalue weighted by molar-refractivity contribution is 0.261. The average Bonchev–Trinajstić information content (AvgIpc) is 2.98. The Balaban J connectivity index is 0.942. The van der Waals surface area contributed by atoms with E-state index in [0.717, 1.165) is 72.4 Å². The summed E-state index contributed by atoms with van der Waals surface area (Å²) in [6.45, 7) is 3.92. The number of nitrogen functional groups attached to an aromatic ring is 2. The van der Waals surface area contributed by atoms with E-state index in [-0.39, 0.29) is 0 Å². The van der Waals surface area contributed by atoms with Gasteiger partial charge in [-0.25, -0.2) is 0 Å². The van der Waals surface area contributed by atoms with E-state index < -0.39 is 0 Å². The van der Waals surface area contributed by atoms with Crippen molar-refractivity contribution in [3.05, 3.63) is 108 Å². The second-order valence-corrected chi connectivity index (χ2v) is 10.8. The Morgan fingerprint density at radius 1 is 0.475 bits per heavy atom. The molecule has 1 aliphatic carbocycles. The van der Waals surface area contributed by atoms with Crippen LogP contribution in [0.3, 0.4) is 0 Å². The summed E-state index contributed by atoms with van der Waals surface area (Å²) >= 11 is 0. The number of benzene rings is 4. The fraction of sp³-hybridized carbons (Fsp3) is 0.294. The van der Waals surface area contributed by atoms with E-state index in [1.54, 1.807) is 0 Å². The summed E-state index contributed by atoms with van der Waals surface area (Å²) in [4.78, 5) is 0. The molecule has 6 nitrogen and oxygen atoms in total. The van der Waals surface area contributed by atoms with E-state index in [9.17, 15) is 0 Å². The van der Waals surface area contributed by atoms with Crippen LogP contribution in [-0.2, 0) is 13.1 Å². The van der Waals surface area contributed by atoms with Crippen molar-refractivity contribution < 1.29 is 9.47 Å². The van der Waals surface area contributed by atoms with Gasteiger partial charge in [0.25, 0.3) is 0 Å². The molecule has 0 heterocycles. The molecule has 0 atom stereocenters. The minimum atomic E-state index is 0.735.